The number of carboxylic acids is 1. The third-order valence-corrected chi connectivity index (χ3v) is 0.939. The van der Waals surface area contributed by atoms with Crippen LogP contribution in [0.3, 0.4) is 0 Å². The summed E-state index contributed by atoms with van der Waals surface area (Å²) in [6, 6.07) is 0. The molecule has 0 aromatic carbocycles. The number of ether oxygens (including phenoxy) is 1. The fraction of sp³-hybridized carbons (Fsp3) is 0.800. The van der Waals surface area contributed by atoms with Crippen LogP contribution in [0.4, 0.5) is 0 Å². The van der Waals surface area contributed by atoms with Crippen LogP contribution in [0.5, 0.6) is 0 Å². The standard InChI is InChI=1S/C5H10O4/c1-9-4(3-6)2-5(7)8/h4,6H,2-3H2,1H3,(H,7,8). The van der Waals surface area contributed by atoms with Gasteiger partial charge in [0.1, 0.15) is 0 Å². The van der Waals surface area contributed by atoms with E-state index in [1.54, 1.807) is 0 Å². The van der Waals surface area contributed by atoms with Gasteiger partial charge in [-0.15, -0.1) is 0 Å². The molecular formula is C5H10O4. The van der Waals surface area contributed by atoms with Crippen LogP contribution in [-0.2, 0) is 9.53 Å². The van der Waals surface area contributed by atoms with Crippen molar-refractivity contribution in [3.8, 4) is 0 Å². The van der Waals surface area contributed by atoms with Gasteiger partial charge in [0.25, 0.3) is 0 Å². The van der Waals surface area contributed by atoms with E-state index in [1.807, 2.05) is 0 Å². The summed E-state index contributed by atoms with van der Waals surface area (Å²) in [4.78, 5) is 9.94. The van der Waals surface area contributed by atoms with Crippen LogP contribution in [-0.4, -0.2) is 36.0 Å². The number of carbonyl (C=O) groups is 1. The zero-order valence-electron chi connectivity index (χ0n) is 5.20. The molecule has 4 heteroatoms. The van der Waals surface area contributed by atoms with Crippen LogP contribution in [0.1, 0.15) is 6.42 Å². The molecule has 9 heavy (non-hydrogen) atoms. The van der Waals surface area contributed by atoms with Gasteiger partial charge >= 0.3 is 5.97 Å². The van der Waals surface area contributed by atoms with Gasteiger partial charge in [0.15, 0.2) is 0 Å². The first kappa shape index (κ1) is 8.39. The summed E-state index contributed by atoms with van der Waals surface area (Å²) in [5, 5.41) is 16.5. The molecule has 0 fully saturated rings. The average Bonchev–Trinajstić information content (AvgIpc) is 1.82. The van der Waals surface area contributed by atoms with Gasteiger partial charge in [0.2, 0.25) is 0 Å². The molecule has 4 nitrogen and oxygen atoms in total. The van der Waals surface area contributed by atoms with E-state index in [9.17, 15) is 4.79 Å². The molecule has 2 N–H and O–H groups in total. The smallest absolute Gasteiger partial charge is 0.306 e. The predicted octanol–water partition coefficient (Wildman–Crippen LogP) is -0.532. The highest BCUT2D eigenvalue weighted by atomic mass is 16.5. The van der Waals surface area contributed by atoms with Gasteiger partial charge in [-0.05, 0) is 0 Å². The Balaban J connectivity index is 3.43. The number of aliphatic carboxylic acids is 1. The summed E-state index contributed by atoms with van der Waals surface area (Å²) in [5.74, 6) is -0.962. The number of carboxylic acid groups (broad SMARTS) is 1. The number of aliphatic hydroxyl groups is 1. The van der Waals surface area contributed by atoms with Crippen LogP contribution >= 0.6 is 0 Å². The SMILES string of the molecule is COC(CO)CC(=O)O. The summed E-state index contributed by atoms with van der Waals surface area (Å²) in [5.41, 5.74) is 0. The zero-order valence-corrected chi connectivity index (χ0v) is 5.20. The van der Waals surface area contributed by atoms with Crippen LogP contribution in [0.15, 0.2) is 0 Å². The summed E-state index contributed by atoms with van der Waals surface area (Å²) in [6.45, 7) is -0.247. The molecule has 0 aromatic rings. The molecule has 1 unspecified atom stereocenters. The molecule has 54 valence electrons. The second-order valence-electron chi connectivity index (χ2n) is 1.64. The van der Waals surface area contributed by atoms with E-state index in [-0.39, 0.29) is 13.0 Å². The summed E-state index contributed by atoms with van der Waals surface area (Å²) in [7, 11) is 1.36. The van der Waals surface area contributed by atoms with Crippen LogP contribution in [0.25, 0.3) is 0 Å². The average molecular weight is 134 g/mol. The van der Waals surface area contributed by atoms with Crippen molar-refractivity contribution in [2.24, 2.45) is 0 Å². The summed E-state index contributed by atoms with van der Waals surface area (Å²) < 4.78 is 4.58. The molecular weight excluding hydrogens is 124 g/mol. The Labute approximate surface area is 53.1 Å². The molecule has 0 saturated carbocycles. The van der Waals surface area contributed by atoms with Gasteiger partial charge < -0.3 is 14.9 Å². The van der Waals surface area contributed by atoms with Gasteiger partial charge in [-0.1, -0.05) is 0 Å². The lowest BCUT2D eigenvalue weighted by Gasteiger charge is -2.07. The van der Waals surface area contributed by atoms with E-state index in [0.717, 1.165) is 0 Å². The van der Waals surface area contributed by atoms with Crippen molar-refractivity contribution >= 4 is 5.97 Å². The van der Waals surface area contributed by atoms with E-state index >= 15 is 0 Å². The second kappa shape index (κ2) is 4.29. The second-order valence-corrected chi connectivity index (χ2v) is 1.64. The molecule has 1 atom stereocenters. The largest absolute Gasteiger partial charge is 0.481 e. The van der Waals surface area contributed by atoms with Crippen molar-refractivity contribution in [2.45, 2.75) is 12.5 Å². The molecule has 0 aliphatic heterocycles. The van der Waals surface area contributed by atoms with E-state index in [1.165, 1.54) is 7.11 Å². The van der Waals surface area contributed by atoms with Gasteiger partial charge in [-0.3, -0.25) is 4.79 Å². The normalized spacial score (nSPS) is 13.1. The highest BCUT2D eigenvalue weighted by Gasteiger charge is 2.09. The maximum absolute atomic E-state index is 9.94. The number of rotatable bonds is 4. The molecule has 0 amide bonds. The Morgan fingerprint density at radius 3 is 2.44 bits per heavy atom. The molecule has 0 aliphatic rings. The highest BCUT2D eigenvalue weighted by molar-refractivity contribution is 5.67. The Hall–Kier alpha value is -0.610. The maximum Gasteiger partial charge on any atom is 0.306 e. The van der Waals surface area contributed by atoms with Crippen LogP contribution in [0, 0.1) is 0 Å². The Morgan fingerprint density at radius 2 is 2.33 bits per heavy atom. The zero-order chi connectivity index (χ0) is 7.28. The topological polar surface area (TPSA) is 66.8 Å². The molecule has 0 aromatic heterocycles. The Kier molecular flexibility index (Phi) is 4.00. The van der Waals surface area contributed by atoms with Gasteiger partial charge in [-0.2, -0.15) is 0 Å². The quantitative estimate of drug-likeness (QED) is 0.542. The lowest BCUT2D eigenvalue weighted by atomic mass is 10.3. The number of aliphatic hydroxyl groups excluding tert-OH is 1. The van der Waals surface area contributed by atoms with E-state index < -0.39 is 12.1 Å². The number of hydrogen-bond acceptors (Lipinski definition) is 3. The van der Waals surface area contributed by atoms with E-state index in [4.69, 9.17) is 10.2 Å². The fourth-order valence-electron chi connectivity index (χ4n) is 0.417. The molecule has 0 radical (unpaired) electrons. The van der Waals surface area contributed by atoms with Crippen LogP contribution in [0.2, 0.25) is 0 Å². The van der Waals surface area contributed by atoms with Crippen molar-refractivity contribution in [3.63, 3.8) is 0 Å². The van der Waals surface area contributed by atoms with Crippen molar-refractivity contribution in [3.05, 3.63) is 0 Å². The lowest BCUT2D eigenvalue weighted by Crippen LogP contribution is -2.19. The van der Waals surface area contributed by atoms with Crippen molar-refractivity contribution in [1.82, 2.24) is 0 Å². The van der Waals surface area contributed by atoms with E-state index in [2.05, 4.69) is 4.74 Å². The predicted molar refractivity (Wildman–Crippen MR) is 30.1 cm³/mol. The Bertz CT molecular complexity index is 87.0. The minimum absolute atomic E-state index is 0.146. The molecule has 0 rings (SSSR count). The summed E-state index contributed by atoms with van der Waals surface area (Å²) in [6.07, 6.45) is -0.713. The van der Waals surface area contributed by atoms with Crippen molar-refractivity contribution in [1.29, 1.82) is 0 Å². The van der Waals surface area contributed by atoms with Crippen molar-refractivity contribution < 1.29 is 19.7 Å². The lowest BCUT2D eigenvalue weighted by molar-refractivity contribution is -0.140. The highest BCUT2D eigenvalue weighted by Crippen LogP contribution is 1.93. The van der Waals surface area contributed by atoms with Crippen LogP contribution < -0.4 is 0 Å². The number of hydrogen-bond donors (Lipinski definition) is 2. The van der Waals surface area contributed by atoms with E-state index in [0.29, 0.717) is 0 Å². The molecule has 0 saturated heterocycles. The maximum atomic E-state index is 9.94. The van der Waals surface area contributed by atoms with Gasteiger partial charge in [-0.25, -0.2) is 0 Å². The number of methoxy groups -OCH3 is 1. The molecule has 0 bridgehead atoms. The summed E-state index contributed by atoms with van der Waals surface area (Å²) >= 11 is 0. The Morgan fingerprint density at radius 1 is 1.78 bits per heavy atom. The minimum atomic E-state index is -0.962. The molecule has 0 aliphatic carbocycles. The first-order valence-corrected chi connectivity index (χ1v) is 2.56. The molecule has 0 heterocycles. The first-order chi connectivity index (χ1) is 4.20. The fourth-order valence-corrected chi connectivity index (χ4v) is 0.417. The minimum Gasteiger partial charge on any atom is -0.481 e. The van der Waals surface area contributed by atoms with Gasteiger partial charge in [0, 0.05) is 7.11 Å². The monoisotopic (exact) mass is 134 g/mol. The molecule has 0 spiro atoms. The third-order valence-electron chi connectivity index (χ3n) is 0.939. The first-order valence-electron chi connectivity index (χ1n) is 2.56. The third kappa shape index (κ3) is 3.93. The van der Waals surface area contributed by atoms with Crippen molar-refractivity contribution in [2.75, 3.05) is 13.7 Å². The van der Waals surface area contributed by atoms with Gasteiger partial charge in [0.05, 0.1) is 19.1 Å².